The highest BCUT2D eigenvalue weighted by molar-refractivity contribution is 5.78. The molecule has 9 nitrogen and oxygen atoms in total. The molecule has 0 saturated carbocycles. The van der Waals surface area contributed by atoms with E-state index >= 15 is 0 Å². The molecule has 1 spiro atoms. The van der Waals surface area contributed by atoms with Crippen molar-refractivity contribution in [2.24, 2.45) is 17.8 Å². The van der Waals surface area contributed by atoms with Crippen LogP contribution in [0.15, 0.2) is 47.1 Å². The maximum absolute atomic E-state index is 13.8. The monoisotopic (exact) mass is 560 g/mol. The van der Waals surface area contributed by atoms with Crippen molar-refractivity contribution in [3.05, 3.63) is 47.1 Å². The lowest BCUT2D eigenvalue weighted by atomic mass is 9.71. The Morgan fingerprint density at radius 3 is 2.58 bits per heavy atom. The standard InChI is InChI=1S/C31H44O9/c1-17-10-11-30(39-20(17)4)14-24-13-23(40-30)9-8-18(2)26(33)21(15-32)6-5-7-22-16-37-28-27(34)19(3)12-25(29(35)38-24)31(22,28)36/h5-8,12,17,20-21,23-28,32-34,36H,9-11,13-16H2,1-4H3/b6-5+,18-8+,22-7+/t17-,20+,21+,23+,24-,25-,26-,27+,28+,30-,31+/m0/s1. The summed E-state index contributed by atoms with van der Waals surface area (Å²) >= 11 is 0. The number of fused-ring (bicyclic) bond motifs is 2. The first-order valence-corrected chi connectivity index (χ1v) is 14.6. The Morgan fingerprint density at radius 2 is 1.85 bits per heavy atom. The molecule has 4 N–H and O–H groups in total. The number of ether oxygens (including phenoxy) is 4. The third-order valence-electron chi connectivity index (χ3n) is 9.63. The van der Waals surface area contributed by atoms with Gasteiger partial charge in [0.1, 0.15) is 29.8 Å². The van der Waals surface area contributed by atoms with E-state index in [1.54, 1.807) is 31.2 Å². The van der Waals surface area contributed by atoms with Gasteiger partial charge in [-0.05, 0) is 56.3 Å². The highest BCUT2D eigenvalue weighted by Gasteiger charge is 2.60. The average Bonchev–Trinajstić information content (AvgIpc) is 3.25. The number of hydrogen-bond donors (Lipinski definition) is 4. The molecule has 0 aromatic heterocycles. The summed E-state index contributed by atoms with van der Waals surface area (Å²) in [7, 11) is 0. The van der Waals surface area contributed by atoms with Crippen LogP contribution < -0.4 is 0 Å². The number of rotatable bonds is 1. The minimum Gasteiger partial charge on any atom is -0.462 e. The Labute approximate surface area is 236 Å². The molecule has 5 rings (SSSR count). The van der Waals surface area contributed by atoms with Gasteiger partial charge in [0, 0.05) is 25.2 Å². The van der Waals surface area contributed by atoms with E-state index in [2.05, 4.69) is 6.92 Å². The van der Waals surface area contributed by atoms with Crippen LogP contribution in [0.2, 0.25) is 0 Å². The van der Waals surface area contributed by atoms with Crippen LogP contribution in [0, 0.1) is 17.8 Å². The molecule has 3 saturated heterocycles. The molecular weight excluding hydrogens is 516 g/mol. The van der Waals surface area contributed by atoms with Crippen LogP contribution in [0.4, 0.5) is 0 Å². The van der Waals surface area contributed by atoms with Crippen molar-refractivity contribution in [3.63, 3.8) is 0 Å². The Morgan fingerprint density at radius 1 is 1.07 bits per heavy atom. The average molecular weight is 561 g/mol. The molecule has 0 unspecified atom stereocenters. The zero-order valence-corrected chi connectivity index (χ0v) is 23.9. The van der Waals surface area contributed by atoms with Crippen molar-refractivity contribution >= 4 is 5.97 Å². The van der Waals surface area contributed by atoms with E-state index in [9.17, 15) is 25.2 Å². The predicted molar refractivity (Wildman–Crippen MR) is 146 cm³/mol. The minimum atomic E-state index is -1.81. The largest absolute Gasteiger partial charge is 0.462 e. The van der Waals surface area contributed by atoms with Crippen LogP contribution in [-0.4, -0.2) is 87.6 Å². The second kappa shape index (κ2) is 11.4. The van der Waals surface area contributed by atoms with E-state index in [1.165, 1.54) is 0 Å². The Bertz CT molecular complexity index is 1090. The van der Waals surface area contributed by atoms with Crippen molar-refractivity contribution in [1.82, 2.24) is 0 Å². The molecule has 1 aliphatic carbocycles. The molecule has 4 heterocycles. The van der Waals surface area contributed by atoms with Gasteiger partial charge in [0.15, 0.2) is 5.79 Å². The zero-order chi connectivity index (χ0) is 28.8. The van der Waals surface area contributed by atoms with Crippen molar-refractivity contribution in [2.75, 3.05) is 13.2 Å². The zero-order valence-electron chi connectivity index (χ0n) is 23.9. The summed E-state index contributed by atoms with van der Waals surface area (Å²) in [6, 6.07) is 0. The van der Waals surface area contributed by atoms with Crippen LogP contribution in [-0.2, 0) is 23.7 Å². The van der Waals surface area contributed by atoms with Gasteiger partial charge in [0.05, 0.1) is 31.5 Å². The van der Waals surface area contributed by atoms with E-state index in [-0.39, 0.29) is 25.4 Å². The van der Waals surface area contributed by atoms with Crippen LogP contribution in [0.1, 0.15) is 59.8 Å². The summed E-state index contributed by atoms with van der Waals surface area (Å²) in [4.78, 5) is 13.8. The molecular formula is C31H44O9. The number of hydrogen-bond acceptors (Lipinski definition) is 9. The molecule has 0 radical (unpaired) electrons. The highest BCUT2D eigenvalue weighted by atomic mass is 16.7. The van der Waals surface area contributed by atoms with Crippen molar-refractivity contribution < 1.29 is 44.2 Å². The highest BCUT2D eigenvalue weighted by Crippen LogP contribution is 2.47. The first kappa shape index (κ1) is 29.6. The first-order chi connectivity index (χ1) is 19.0. The number of aliphatic hydroxyl groups excluding tert-OH is 3. The van der Waals surface area contributed by atoms with Crippen molar-refractivity contribution in [3.8, 4) is 0 Å². The summed E-state index contributed by atoms with van der Waals surface area (Å²) in [5.41, 5.74) is -0.158. The summed E-state index contributed by atoms with van der Waals surface area (Å²) in [5, 5.41) is 43.9. The summed E-state index contributed by atoms with van der Waals surface area (Å²) in [6.45, 7) is 7.45. The molecule has 5 aliphatic rings. The fourth-order valence-electron chi connectivity index (χ4n) is 6.85. The molecule has 222 valence electrons. The van der Waals surface area contributed by atoms with Gasteiger partial charge in [-0.15, -0.1) is 0 Å². The van der Waals surface area contributed by atoms with Gasteiger partial charge in [-0.2, -0.15) is 0 Å². The molecule has 0 amide bonds. The summed E-state index contributed by atoms with van der Waals surface area (Å²) in [6.07, 6.45) is 7.46. The molecule has 3 fully saturated rings. The second-order valence-corrected chi connectivity index (χ2v) is 12.4. The molecule has 9 heteroatoms. The van der Waals surface area contributed by atoms with E-state index < -0.39 is 53.6 Å². The number of carbonyl (C=O) groups excluding carboxylic acids is 1. The number of esters is 1. The summed E-state index contributed by atoms with van der Waals surface area (Å²) < 4.78 is 25.0. The topological polar surface area (TPSA) is 135 Å². The van der Waals surface area contributed by atoms with E-state index in [0.29, 0.717) is 48.3 Å². The fourth-order valence-corrected chi connectivity index (χ4v) is 6.85. The maximum Gasteiger partial charge on any atom is 0.316 e. The Balaban J connectivity index is 1.55. The van der Waals surface area contributed by atoms with Crippen LogP contribution >= 0.6 is 0 Å². The van der Waals surface area contributed by atoms with E-state index in [0.717, 1.165) is 6.42 Å². The molecule has 2 bridgehead atoms. The van der Waals surface area contributed by atoms with Crippen LogP contribution in [0.25, 0.3) is 0 Å². The van der Waals surface area contributed by atoms with E-state index in [1.807, 2.05) is 19.9 Å². The molecule has 0 aromatic carbocycles. The quantitative estimate of drug-likeness (QED) is 0.282. The lowest BCUT2D eigenvalue weighted by Gasteiger charge is -2.49. The third kappa shape index (κ3) is 5.38. The minimum absolute atomic E-state index is 0.0190. The van der Waals surface area contributed by atoms with E-state index in [4.69, 9.17) is 18.9 Å². The molecule has 40 heavy (non-hydrogen) atoms. The fraction of sp³-hybridized carbons (Fsp3) is 0.710. The van der Waals surface area contributed by atoms with Crippen LogP contribution in [0.5, 0.6) is 0 Å². The number of carbonyl (C=O) groups is 1. The van der Waals surface area contributed by atoms with Gasteiger partial charge >= 0.3 is 5.97 Å². The lowest BCUT2D eigenvalue weighted by molar-refractivity contribution is -0.332. The lowest BCUT2D eigenvalue weighted by Crippen LogP contribution is -2.58. The molecule has 11 atom stereocenters. The van der Waals surface area contributed by atoms with Crippen molar-refractivity contribution in [1.29, 1.82) is 0 Å². The molecule has 4 aliphatic heterocycles. The Hall–Kier alpha value is -1.85. The summed E-state index contributed by atoms with van der Waals surface area (Å²) in [5.74, 6) is -2.76. The maximum atomic E-state index is 13.8. The third-order valence-corrected chi connectivity index (χ3v) is 9.63. The van der Waals surface area contributed by atoms with Gasteiger partial charge in [-0.25, -0.2) is 0 Å². The van der Waals surface area contributed by atoms with Crippen LogP contribution in [0.3, 0.4) is 0 Å². The van der Waals surface area contributed by atoms with Gasteiger partial charge in [0.25, 0.3) is 0 Å². The van der Waals surface area contributed by atoms with Crippen molar-refractivity contribution in [2.45, 2.75) is 108 Å². The normalized spacial score (nSPS) is 49.6. The number of allylic oxidation sites excluding steroid dienone is 2. The Kier molecular flexibility index (Phi) is 8.47. The second-order valence-electron chi connectivity index (χ2n) is 12.4. The van der Waals surface area contributed by atoms with Gasteiger partial charge in [-0.3, -0.25) is 4.79 Å². The molecule has 0 aromatic rings. The van der Waals surface area contributed by atoms with Gasteiger partial charge < -0.3 is 39.4 Å². The van der Waals surface area contributed by atoms with Gasteiger partial charge in [-0.1, -0.05) is 37.3 Å². The SMILES string of the molecule is CC1=C[C@H]2C(=O)O[C@H]3C[C@@H](C/C=C(\C)[C@H](O)[C@@H](CO)/C=C/C=C4\CO[C@H]([C@@H]1O)[C@@]42O)O[C@@]1(CC[C@H](C)[C@@H](C)O1)C3. The number of aliphatic hydroxyl groups is 4. The first-order valence-electron chi connectivity index (χ1n) is 14.6. The predicted octanol–water partition coefficient (Wildman–Crippen LogP) is 2.48. The van der Waals surface area contributed by atoms with Gasteiger partial charge in [0.2, 0.25) is 0 Å². The smallest absolute Gasteiger partial charge is 0.316 e.